The topological polar surface area (TPSA) is 88.5 Å². The molecule has 208 valence electrons. The Bertz CT molecular complexity index is 1210. The summed E-state index contributed by atoms with van der Waals surface area (Å²) in [5, 5.41) is 11.4. The van der Waals surface area contributed by atoms with Crippen LogP contribution < -0.4 is 9.47 Å². The van der Waals surface area contributed by atoms with Crippen LogP contribution in [0.3, 0.4) is 0 Å². The number of amides is 1. The van der Waals surface area contributed by atoms with Gasteiger partial charge in [0.15, 0.2) is 0 Å². The number of carbonyl (C=O) groups is 2. The molecule has 8 heteroatoms. The average molecular weight is 535 g/mol. The average Bonchev–Trinajstić information content (AvgIpc) is 3.18. The molecule has 1 amide bonds. The lowest BCUT2D eigenvalue weighted by atomic mass is 9.94. The Labute approximate surface area is 230 Å². The maximum absolute atomic E-state index is 13.4. The Balaban J connectivity index is 1.67. The molecule has 39 heavy (non-hydrogen) atoms. The van der Waals surface area contributed by atoms with Crippen molar-refractivity contribution in [1.82, 2.24) is 9.80 Å². The summed E-state index contributed by atoms with van der Waals surface area (Å²) in [5.41, 5.74) is 2.10. The number of benzene rings is 2. The summed E-state index contributed by atoms with van der Waals surface area (Å²) >= 11 is 0. The molecular weight excluding hydrogens is 496 g/mol. The number of aliphatic hydroxyl groups excluding tert-OH is 1. The second-order valence-electron chi connectivity index (χ2n) is 10.1. The Kier molecular flexibility index (Phi) is 9.43. The summed E-state index contributed by atoms with van der Waals surface area (Å²) in [4.78, 5) is 30.6. The van der Waals surface area contributed by atoms with Gasteiger partial charge in [-0.15, -0.1) is 0 Å². The molecule has 1 unspecified atom stereocenters. The number of hydrogen-bond acceptors (Lipinski definition) is 7. The van der Waals surface area contributed by atoms with E-state index in [2.05, 4.69) is 11.5 Å². The molecule has 1 N–H and O–H groups in total. The van der Waals surface area contributed by atoms with Crippen molar-refractivity contribution >= 4 is 17.4 Å². The van der Waals surface area contributed by atoms with Gasteiger partial charge in [0.1, 0.15) is 23.9 Å². The third kappa shape index (κ3) is 6.69. The van der Waals surface area contributed by atoms with Crippen molar-refractivity contribution in [3.8, 4) is 11.5 Å². The largest absolute Gasteiger partial charge is 0.507 e. The van der Waals surface area contributed by atoms with Gasteiger partial charge in [0.05, 0.1) is 30.9 Å². The van der Waals surface area contributed by atoms with E-state index in [0.717, 1.165) is 30.8 Å². The number of nitrogens with zero attached hydrogens (tertiary/aromatic N) is 2. The number of Topliss-reactive ketones (excluding diaryl/α,β-unsaturated/α-hetero) is 1. The van der Waals surface area contributed by atoms with Crippen molar-refractivity contribution < 1.29 is 28.9 Å². The first-order valence-corrected chi connectivity index (χ1v) is 13.5. The van der Waals surface area contributed by atoms with Crippen LogP contribution in [0.5, 0.6) is 11.5 Å². The lowest BCUT2D eigenvalue weighted by Gasteiger charge is -2.29. The summed E-state index contributed by atoms with van der Waals surface area (Å²) in [6.45, 7) is 14.1. The summed E-state index contributed by atoms with van der Waals surface area (Å²) in [5.74, 6) is -0.126. The van der Waals surface area contributed by atoms with Crippen LogP contribution in [-0.4, -0.2) is 78.7 Å². The van der Waals surface area contributed by atoms with E-state index in [-0.39, 0.29) is 17.4 Å². The summed E-state index contributed by atoms with van der Waals surface area (Å²) in [6.07, 6.45) is 2.37. The Morgan fingerprint density at radius 1 is 1.13 bits per heavy atom. The van der Waals surface area contributed by atoms with Crippen LogP contribution in [0.2, 0.25) is 0 Å². The summed E-state index contributed by atoms with van der Waals surface area (Å²) < 4.78 is 16.9. The minimum atomic E-state index is -0.713. The number of ketones is 1. The van der Waals surface area contributed by atoms with Crippen LogP contribution >= 0.6 is 0 Å². The van der Waals surface area contributed by atoms with Gasteiger partial charge in [-0.05, 0) is 68.7 Å². The van der Waals surface area contributed by atoms with Crippen molar-refractivity contribution in [1.29, 1.82) is 0 Å². The van der Waals surface area contributed by atoms with Crippen LogP contribution in [0.1, 0.15) is 43.0 Å². The number of hydrogen-bond donors (Lipinski definition) is 1. The van der Waals surface area contributed by atoms with E-state index in [4.69, 9.17) is 14.2 Å². The molecule has 2 aliphatic heterocycles. The number of morpholine rings is 1. The van der Waals surface area contributed by atoms with Crippen molar-refractivity contribution in [2.24, 2.45) is 0 Å². The van der Waals surface area contributed by atoms with Gasteiger partial charge in [-0.3, -0.25) is 14.5 Å². The Hall–Kier alpha value is -3.62. The monoisotopic (exact) mass is 534 g/mol. The second-order valence-corrected chi connectivity index (χ2v) is 10.1. The molecule has 0 saturated carbocycles. The highest BCUT2D eigenvalue weighted by atomic mass is 16.5. The fourth-order valence-electron chi connectivity index (χ4n) is 4.99. The first-order valence-electron chi connectivity index (χ1n) is 13.5. The standard InChI is InChI=1S/C31H38N2O6/c1-5-17-38-25-10-7-23(8-11-25)28-27(29(34)24-9-12-26(22(4)20-24)39-21(2)3)30(35)31(36)33(28)14-6-13-32-15-18-37-19-16-32/h5,7-12,20-21,28,34H,1,6,13-19H2,2-4H3. The number of aliphatic hydroxyl groups is 1. The van der Waals surface area contributed by atoms with Crippen LogP contribution in [0, 0.1) is 6.92 Å². The van der Waals surface area contributed by atoms with E-state index < -0.39 is 17.7 Å². The van der Waals surface area contributed by atoms with Crippen molar-refractivity contribution in [3.05, 3.63) is 77.4 Å². The quantitative estimate of drug-likeness (QED) is 0.197. The highest BCUT2D eigenvalue weighted by molar-refractivity contribution is 6.46. The van der Waals surface area contributed by atoms with E-state index >= 15 is 0 Å². The van der Waals surface area contributed by atoms with Gasteiger partial charge in [-0.25, -0.2) is 0 Å². The molecule has 0 aliphatic carbocycles. The van der Waals surface area contributed by atoms with Crippen LogP contribution in [-0.2, 0) is 14.3 Å². The third-order valence-electron chi connectivity index (χ3n) is 6.89. The van der Waals surface area contributed by atoms with Gasteiger partial charge in [-0.2, -0.15) is 0 Å². The minimum Gasteiger partial charge on any atom is -0.507 e. The van der Waals surface area contributed by atoms with Gasteiger partial charge < -0.3 is 24.2 Å². The van der Waals surface area contributed by atoms with E-state index in [9.17, 15) is 14.7 Å². The SMILES string of the molecule is C=CCOc1ccc(C2C(=C(O)c3ccc(OC(C)C)c(C)c3)C(=O)C(=O)N2CCCN2CCOCC2)cc1. The van der Waals surface area contributed by atoms with Crippen molar-refractivity contribution in [3.63, 3.8) is 0 Å². The summed E-state index contributed by atoms with van der Waals surface area (Å²) in [7, 11) is 0. The van der Waals surface area contributed by atoms with E-state index in [1.165, 1.54) is 0 Å². The lowest BCUT2D eigenvalue weighted by molar-refractivity contribution is -0.140. The Morgan fingerprint density at radius 2 is 1.85 bits per heavy atom. The molecule has 0 radical (unpaired) electrons. The minimum absolute atomic E-state index is 0.00404. The molecule has 0 spiro atoms. The van der Waals surface area contributed by atoms with E-state index in [0.29, 0.717) is 49.8 Å². The fourth-order valence-corrected chi connectivity index (χ4v) is 4.99. The maximum Gasteiger partial charge on any atom is 0.295 e. The predicted molar refractivity (Wildman–Crippen MR) is 150 cm³/mol. The zero-order valence-corrected chi connectivity index (χ0v) is 23.0. The van der Waals surface area contributed by atoms with Crippen LogP contribution in [0.25, 0.3) is 5.76 Å². The fraction of sp³-hybridized carbons (Fsp3) is 0.419. The smallest absolute Gasteiger partial charge is 0.295 e. The molecule has 2 aromatic carbocycles. The molecule has 1 atom stereocenters. The highest BCUT2D eigenvalue weighted by Crippen LogP contribution is 2.40. The van der Waals surface area contributed by atoms with Gasteiger partial charge in [0.2, 0.25) is 0 Å². The van der Waals surface area contributed by atoms with E-state index in [1.54, 1.807) is 41.3 Å². The van der Waals surface area contributed by atoms with Gasteiger partial charge in [0, 0.05) is 31.7 Å². The molecule has 4 rings (SSSR count). The number of aryl methyl sites for hydroxylation is 1. The number of rotatable bonds is 11. The number of likely N-dealkylation sites (tertiary alicyclic amines) is 1. The normalized spacial score (nSPS) is 19.5. The number of ether oxygens (including phenoxy) is 3. The molecular formula is C31H38N2O6. The molecule has 2 heterocycles. The van der Waals surface area contributed by atoms with Gasteiger partial charge >= 0.3 is 0 Å². The van der Waals surface area contributed by atoms with Gasteiger partial charge in [0.25, 0.3) is 11.7 Å². The van der Waals surface area contributed by atoms with E-state index in [1.807, 2.05) is 32.9 Å². The van der Waals surface area contributed by atoms with Gasteiger partial charge in [-0.1, -0.05) is 24.8 Å². The highest BCUT2D eigenvalue weighted by Gasteiger charge is 2.45. The first kappa shape index (κ1) is 28.4. The molecule has 2 saturated heterocycles. The first-order chi connectivity index (χ1) is 18.8. The maximum atomic E-state index is 13.4. The van der Waals surface area contributed by atoms with Crippen LogP contribution in [0.4, 0.5) is 0 Å². The molecule has 0 bridgehead atoms. The lowest BCUT2D eigenvalue weighted by Crippen LogP contribution is -2.38. The molecule has 8 nitrogen and oxygen atoms in total. The summed E-state index contributed by atoms with van der Waals surface area (Å²) in [6, 6.07) is 11.8. The van der Waals surface area contributed by atoms with Crippen LogP contribution in [0.15, 0.2) is 60.7 Å². The predicted octanol–water partition coefficient (Wildman–Crippen LogP) is 4.49. The molecule has 0 aromatic heterocycles. The van der Waals surface area contributed by atoms with Crippen molar-refractivity contribution in [2.75, 3.05) is 46.0 Å². The molecule has 2 aliphatic rings. The zero-order valence-electron chi connectivity index (χ0n) is 23.0. The second kappa shape index (κ2) is 13.0. The number of carbonyl (C=O) groups excluding carboxylic acids is 2. The zero-order chi connectivity index (χ0) is 27.9. The van der Waals surface area contributed by atoms with Crippen molar-refractivity contribution in [2.45, 2.75) is 39.3 Å². The third-order valence-corrected chi connectivity index (χ3v) is 6.89. The molecule has 2 fully saturated rings. The Morgan fingerprint density at radius 3 is 2.49 bits per heavy atom. The molecule has 2 aromatic rings.